The second-order valence-electron chi connectivity index (χ2n) is 8.36. The Morgan fingerprint density at radius 2 is 1.15 bits per heavy atom. The number of hydrogen-bond donors (Lipinski definition) is 0. The van der Waals surface area contributed by atoms with Crippen LogP contribution in [0.4, 0.5) is 0 Å². The maximum Gasteiger partial charge on any atom is 0.400 e. The summed E-state index contributed by atoms with van der Waals surface area (Å²) in [7, 11) is -3.87. The van der Waals surface area contributed by atoms with Crippen molar-refractivity contribution in [1.82, 2.24) is 0 Å². The van der Waals surface area contributed by atoms with E-state index in [1.165, 1.54) is 70.6 Å². The topological polar surface area (TPSA) is 52.6 Å². The van der Waals surface area contributed by atoms with Gasteiger partial charge >= 0.3 is 10.4 Å². The summed E-state index contributed by atoms with van der Waals surface area (Å²) in [6, 6.07) is 0. The third kappa shape index (κ3) is 21.8. The second-order valence-corrected chi connectivity index (χ2v) is 9.58. The highest BCUT2D eigenvalue weighted by molar-refractivity contribution is 7.81. The van der Waals surface area contributed by atoms with Gasteiger partial charge in [0.2, 0.25) is 0 Å². The molecular weight excluding hydrogens is 360 g/mol. The lowest BCUT2D eigenvalue weighted by atomic mass is 10.1. The summed E-state index contributed by atoms with van der Waals surface area (Å²) in [4.78, 5) is 0. The van der Waals surface area contributed by atoms with E-state index in [1.54, 1.807) is 20.8 Å². The molecule has 27 heavy (non-hydrogen) atoms. The largest absolute Gasteiger partial charge is 0.400 e. The first-order chi connectivity index (χ1) is 12.8. The van der Waals surface area contributed by atoms with Crippen LogP contribution in [-0.4, -0.2) is 20.6 Å². The predicted octanol–water partition coefficient (Wildman–Crippen LogP) is 7.10. The summed E-state index contributed by atoms with van der Waals surface area (Å²) in [5.74, 6) is 0. The lowest BCUT2D eigenvalue weighted by Crippen LogP contribution is -2.25. The van der Waals surface area contributed by atoms with E-state index in [2.05, 4.69) is 19.1 Å². The SMILES string of the molecule is CCCCCCCC/C=C\CCCCCCCCOS(=O)(=O)OC(C)(C)C. The van der Waals surface area contributed by atoms with Gasteiger partial charge in [0.15, 0.2) is 0 Å². The Kier molecular flexibility index (Phi) is 16.3. The first-order valence-electron chi connectivity index (χ1n) is 11.0. The lowest BCUT2D eigenvalue weighted by molar-refractivity contribution is 0.103. The van der Waals surface area contributed by atoms with Gasteiger partial charge in [-0.1, -0.05) is 76.9 Å². The van der Waals surface area contributed by atoms with Crippen molar-refractivity contribution in [2.24, 2.45) is 0 Å². The van der Waals surface area contributed by atoms with Gasteiger partial charge in [-0.15, -0.1) is 0 Å². The van der Waals surface area contributed by atoms with Crippen molar-refractivity contribution in [3.05, 3.63) is 12.2 Å². The molecule has 0 saturated carbocycles. The number of allylic oxidation sites excluding steroid dienone is 2. The van der Waals surface area contributed by atoms with E-state index < -0.39 is 16.0 Å². The fourth-order valence-corrected chi connectivity index (χ4v) is 3.82. The summed E-state index contributed by atoms with van der Waals surface area (Å²) in [6.07, 6.45) is 21.9. The Morgan fingerprint density at radius 3 is 1.63 bits per heavy atom. The number of hydrogen-bond acceptors (Lipinski definition) is 4. The van der Waals surface area contributed by atoms with Crippen LogP contribution in [0.1, 0.15) is 118 Å². The van der Waals surface area contributed by atoms with Gasteiger partial charge < -0.3 is 0 Å². The maximum absolute atomic E-state index is 11.6. The van der Waals surface area contributed by atoms with Crippen molar-refractivity contribution >= 4 is 10.4 Å². The predicted molar refractivity (Wildman–Crippen MR) is 115 cm³/mol. The highest BCUT2D eigenvalue weighted by atomic mass is 32.3. The second kappa shape index (κ2) is 16.6. The highest BCUT2D eigenvalue weighted by Crippen LogP contribution is 2.14. The van der Waals surface area contributed by atoms with Crippen LogP contribution in [0.5, 0.6) is 0 Å². The zero-order valence-corrected chi connectivity index (χ0v) is 19.1. The van der Waals surface area contributed by atoms with E-state index in [9.17, 15) is 8.42 Å². The third-order valence-corrected chi connectivity index (χ3v) is 5.40. The number of unbranched alkanes of at least 4 members (excludes halogenated alkanes) is 12. The van der Waals surface area contributed by atoms with Gasteiger partial charge in [-0.05, 0) is 52.9 Å². The molecule has 0 atom stereocenters. The van der Waals surface area contributed by atoms with E-state index in [4.69, 9.17) is 8.37 Å². The van der Waals surface area contributed by atoms with Crippen LogP contribution in [0.25, 0.3) is 0 Å². The molecule has 0 spiro atoms. The fourth-order valence-electron chi connectivity index (χ4n) is 2.84. The van der Waals surface area contributed by atoms with Crippen LogP contribution in [0.15, 0.2) is 12.2 Å². The van der Waals surface area contributed by atoms with Crippen LogP contribution in [0, 0.1) is 0 Å². The molecule has 0 unspecified atom stereocenters. The maximum atomic E-state index is 11.6. The molecule has 0 aromatic carbocycles. The minimum atomic E-state index is -3.87. The van der Waals surface area contributed by atoms with Crippen LogP contribution in [-0.2, 0) is 18.8 Å². The van der Waals surface area contributed by atoms with Crippen LogP contribution in [0.3, 0.4) is 0 Å². The molecule has 0 rings (SSSR count). The molecule has 0 amide bonds. The normalized spacial score (nSPS) is 12.9. The van der Waals surface area contributed by atoms with Gasteiger partial charge in [0.25, 0.3) is 0 Å². The van der Waals surface area contributed by atoms with Gasteiger partial charge in [0.1, 0.15) is 0 Å². The molecule has 0 saturated heterocycles. The van der Waals surface area contributed by atoms with Crippen LogP contribution >= 0.6 is 0 Å². The highest BCUT2D eigenvalue weighted by Gasteiger charge is 2.22. The summed E-state index contributed by atoms with van der Waals surface area (Å²) in [5, 5.41) is 0. The van der Waals surface area contributed by atoms with Crippen molar-refractivity contribution in [3.8, 4) is 0 Å². The summed E-state index contributed by atoms with van der Waals surface area (Å²) in [5.41, 5.74) is -0.748. The van der Waals surface area contributed by atoms with E-state index in [-0.39, 0.29) is 6.61 Å². The first-order valence-corrected chi connectivity index (χ1v) is 12.3. The molecule has 0 fully saturated rings. The Morgan fingerprint density at radius 1 is 0.704 bits per heavy atom. The first kappa shape index (κ1) is 26.6. The molecule has 0 aromatic rings. The van der Waals surface area contributed by atoms with Crippen LogP contribution < -0.4 is 0 Å². The summed E-state index contributed by atoms with van der Waals surface area (Å²) < 4.78 is 32.9. The zero-order chi connectivity index (χ0) is 20.4. The van der Waals surface area contributed by atoms with E-state index in [0.29, 0.717) is 0 Å². The number of rotatable bonds is 18. The van der Waals surface area contributed by atoms with Crippen molar-refractivity contribution in [2.75, 3.05) is 6.61 Å². The van der Waals surface area contributed by atoms with Crippen LogP contribution in [0.2, 0.25) is 0 Å². The lowest BCUT2D eigenvalue weighted by Gasteiger charge is -2.18. The van der Waals surface area contributed by atoms with Gasteiger partial charge in [0.05, 0.1) is 12.2 Å². The standard InChI is InChI=1S/C22H44O4S/c1-5-6-7-8-9-10-11-12-13-14-15-16-17-18-19-20-21-25-27(23,24)26-22(2,3)4/h12-13H,5-11,14-21H2,1-4H3/b13-12-. The van der Waals surface area contributed by atoms with Crippen molar-refractivity contribution in [1.29, 1.82) is 0 Å². The molecule has 0 bridgehead atoms. The third-order valence-electron chi connectivity index (χ3n) is 4.24. The van der Waals surface area contributed by atoms with E-state index >= 15 is 0 Å². The minimum Gasteiger partial charge on any atom is -0.248 e. The Labute approximate surface area is 169 Å². The van der Waals surface area contributed by atoms with Crippen molar-refractivity contribution < 1.29 is 16.8 Å². The molecule has 0 aliphatic carbocycles. The van der Waals surface area contributed by atoms with Gasteiger partial charge in [-0.25, -0.2) is 8.37 Å². The van der Waals surface area contributed by atoms with Gasteiger partial charge in [0, 0.05) is 0 Å². The minimum absolute atomic E-state index is 0.208. The fraction of sp³-hybridized carbons (Fsp3) is 0.909. The Balaban J connectivity index is 3.35. The van der Waals surface area contributed by atoms with E-state index in [0.717, 1.165) is 19.3 Å². The summed E-state index contributed by atoms with van der Waals surface area (Å²) in [6.45, 7) is 7.54. The molecular formula is C22H44O4S. The molecule has 0 aliphatic rings. The van der Waals surface area contributed by atoms with Crippen molar-refractivity contribution in [3.63, 3.8) is 0 Å². The molecule has 5 heteroatoms. The van der Waals surface area contributed by atoms with Gasteiger partial charge in [-0.3, -0.25) is 0 Å². The molecule has 0 radical (unpaired) electrons. The Hall–Kier alpha value is -0.390. The molecule has 0 aliphatic heterocycles. The zero-order valence-electron chi connectivity index (χ0n) is 18.3. The Bertz CT molecular complexity index is 449. The average Bonchev–Trinajstić information content (AvgIpc) is 2.55. The summed E-state index contributed by atoms with van der Waals surface area (Å²) >= 11 is 0. The monoisotopic (exact) mass is 404 g/mol. The van der Waals surface area contributed by atoms with E-state index in [1.807, 2.05) is 0 Å². The molecule has 0 N–H and O–H groups in total. The molecule has 162 valence electrons. The molecule has 0 heterocycles. The van der Waals surface area contributed by atoms with Gasteiger partial charge in [-0.2, -0.15) is 8.42 Å². The van der Waals surface area contributed by atoms with Crippen molar-refractivity contribution in [2.45, 2.75) is 123 Å². The quantitative estimate of drug-likeness (QED) is 0.180. The average molecular weight is 405 g/mol. The molecule has 4 nitrogen and oxygen atoms in total. The smallest absolute Gasteiger partial charge is 0.248 e. The molecule has 0 aromatic heterocycles.